The van der Waals surface area contributed by atoms with Crippen molar-refractivity contribution in [2.75, 3.05) is 13.2 Å². The lowest BCUT2D eigenvalue weighted by Gasteiger charge is -2.32. The highest BCUT2D eigenvalue weighted by Crippen LogP contribution is 2.48. The van der Waals surface area contributed by atoms with Gasteiger partial charge in [-0.1, -0.05) is 116 Å². The number of rotatable bonds is 13. The van der Waals surface area contributed by atoms with Crippen molar-refractivity contribution in [3.63, 3.8) is 0 Å². The molecule has 0 aliphatic heterocycles. The predicted molar refractivity (Wildman–Crippen MR) is 191 cm³/mol. The van der Waals surface area contributed by atoms with Crippen LogP contribution in [0.5, 0.6) is 0 Å². The van der Waals surface area contributed by atoms with E-state index >= 15 is 0 Å². The molecule has 1 aromatic heterocycles. The molecule has 0 unspecified atom stereocenters. The molecule has 4 aromatic rings. The number of hydrogen-bond acceptors (Lipinski definition) is 6. The minimum Gasteiger partial charge on any atom is -0.461 e. The molecule has 0 saturated carbocycles. The minimum atomic E-state index is -3.02. The van der Waals surface area contributed by atoms with Crippen LogP contribution in [0.3, 0.4) is 0 Å². The molecule has 4 rings (SSSR count). The summed E-state index contributed by atoms with van der Waals surface area (Å²) >= 11 is 0. The number of H-pyrrole nitrogens is 1. The maximum absolute atomic E-state index is 14.6. The fourth-order valence-electron chi connectivity index (χ4n) is 5.54. The average Bonchev–Trinajstić information content (AvgIpc) is 3.39. The van der Waals surface area contributed by atoms with Gasteiger partial charge in [-0.15, -0.1) is 0 Å². The van der Waals surface area contributed by atoms with Gasteiger partial charge in [0.15, 0.2) is 0 Å². The zero-order chi connectivity index (χ0) is 34.0. The lowest BCUT2D eigenvalue weighted by Crippen LogP contribution is -2.35. The van der Waals surface area contributed by atoms with E-state index in [9.17, 15) is 14.4 Å². The first kappa shape index (κ1) is 35.0. The number of benzene rings is 3. The quantitative estimate of drug-likeness (QED) is 0.0803. The van der Waals surface area contributed by atoms with Gasteiger partial charge in [0.25, 0.3) is 0 Å². The van der Waals surface area contributed by atoms with Crippen LogP contribution in [0, 0.1) is 6.92 Å². The average molecular weight is 652 g/mol. The third-order valence-electron chi connectivity index (χ3n) is 7.45. The summed E-state index contributed by atoms with van der Waals surface area (Å²) < 4.78 is 16.9. The van der Waals surface area contributed by atoms with Gasteiger partial charge in [-0.3, -0.25) is 4.79 Å². The number of carbonyl (C=O) groups is 3. The van der Waals surface area contributed by atoms with Gasteiger partial charge in [0.1, 0.15) is 24.5 Å². The molecule has 0 amide bonds. The number of nitrogens with one attached hydrogen (secondary N) is 1. The molecule has 3 aromatic carbocycles. The lowest BCUT2D eigenvalue weighted by atomic mass is 10.0. The Hall–Kier alpha value is -4.87. The molecular weight excluding hydrogens is 609 g/mol. The molecule has 1 N–H and O–H groups in total. The minimum absolute atomic E-state index is 0.00829. The molecule has 0 radical (unpaired) electrons. The predicted octanol–water partition coefficient (Wildman–Crippen LogP) is 6.18. The molecule has 0 saturated heterocycles. The van der Waals surface area contributed by atoms with E-state index in [2.05, 4.69) is 18.1 Å². The molecule has 0 spiro atoms. The third-order valence-corrected chi connectivity index (χ3v) is 11.7. The number of aromatic nitrogens is 1. The number of ether oxygens (including phenoxy) is 3. The Morgan fingerprint density at radius 2 is 1.21 bits per heavy atom. The van der Waals surface area contributed by atoms with Crippen LogP contribution in [0.25, 0.3) is 0 Å². The topological polar surface area (TPSA) is 94.7 Å². The van der Waals surface area contributed by atoms with Crippen molar-refractivity contribution in [1.82, 2.24) is 4.98 Å². The Kier molecular flexibility index (Phi) is 11.6. The first-order chi connectivity index (χ1) is 22.5. The summed E-state index contributed by atoms with van der Waals surface area (Å²) in [5.41, 5.74) is 1.02. The van der Waals surface area contributed by atoms with Crippen LogP contribution >= 0.6 is 6.89 Å². The second-order valence-electron chi connectivity index (χ2n) is 11.9. The van der Waals surface area contributed by atoms with E-state index in [0.717, 1.165) is 15.9 Å². The van der Waals surface area contributed by atoms with Crippen LogP contribution in [0.1, 0.15) is 54.5 Å². The van der Waals surface area contributed by atoms with Crippen molar-refractivity contribution in [2.45, 2.75) is 46.1 Å². The van der Waals surface area contributed by atoms with Gasteiger partial charge < -0.3 is 19.2 Å². The highest BCUT2D eigenvalue weighted by Gasteiger charge is 2.38. The number of aromatic amines is 1. The first-order valence-electron chi connectivity index (χ1n) is 15.5. The Morgan fingerprint density at radius 1 is 0.745 bits per heavy atom. The van der Waals surface area contributed by atoms with Crippen LogP contribution < -0.4 is 15.9 Å². The molecule has 0 fully saturated rings. The molecule has 1 heterocycles. The lowest BCUT2D eigenvalue weighted by molar-refractivity contribution is -0.142. The Balaban J connectivity index is 2.19. The third kappa shape index (κ3) is 7.93. The van der Waals surface area contributed by atoms with Crippen molar-refractivity contribution in [1.29, 1.82) is 0 Å². The van der Waals surface area contributed by atoms with E-state index in [1.54, 1.807) is 20.8 Å². The van der Waals surface area contributed by atoms with Crippen LogP contribution in [-0.2, 0) is 30.2 Å². The van der Waals surface area contributed by atoms with Crippen molar-refractivity contribution in [3.8, 4) is 0 Å². The molecule has 7 nitrogen and oxygen atoms in total. The van der Waals surface area contributed by atoms with Gasteiger partial charge in [-0.05, 0) is 68.0 Å². The normalized spacial score (nSPS) is 11.3. The van der Waals surface area contributed by atoms with Gasteiger partial charge in [-0.2, -0.15) is 0 Å². The van der Waals surface area contributed by atoms with E-state index in [1.165, 1.54) is 12.2 Å². The first-order valence-corrected chi connectivity index (χ1v) is 17.3. The molecule has 244 valence electrons. The van der Waals surface area contributed by atoms with Crippen LogP contribution in [0.4, 0.5) is 0 Å². The Bertz CT molecular complexity index is 1680. The monoisotopic (exact) mass is 651 g/mol. The van der Waals surface area contributed by atoms with E-state index in [-0.39, 0.29) is 31.7 Å². The van der Waals surface area contributed by atoms with E-state index in [0.29, 0.717) is 22.1 Å². The molecule has 0 aliphatic rings. The van der Waals surface area contributed by atoms with E-state index in [1.807, 2.05) is 97.9 Å². The fraction of sp³-hybridized carbons (Fsp3) is 0.231. The van der Waals surface area contributed by atoms with Crippen molar-refractivity contribution >= 4 is 46.0 Å². The molecule has 47 heavy (non-hydrogen) atoms. The number of esters is 3. The standard InChI is InChI=1S/C39H42NO6P/c1-7-26-44-33(41)25-24-32-28(3)34(40-35(32)37(42)46-39(4,5)6)36(38(43)45-27-8-2)47(29-18-12-9-13-19-29,30-20-14-10-15-21-30)31-22-16-11-17-23-31/h7-23,40H,1-2,24-27H2,3-6H3. The van der Waals surface area contributed by atoms with Crippen LogP contribution in [0.15, 0.2) is 116 Å². The summed E-state index contributed by atoms with van der Waals surface area (Å²) in [5, 5.41) is 3.15. The largest absolute Gasteiger partial charge is 0.461 e. The highest BCUT2D eigenvalue weighted by atomic mass is 31.2. The molecular formula is C39H42NO6P. The van der Waals surface area contributed by atoms with Gasteiger partial charge in [0, 0.05) is 6.42 Å². The number of hydrogen-bond donors (Lipinski definition) is 1. The van der Waals surface area contributed by atoms with Gasteiger partial charge in [0.05, 0.1) is 11.0 Å². The second kappa shape index (κ2) is 15.6. The van der Waals surface area contributed by atoms with Crippen molar-refractivity contribution in [3.05, 3.63) is 139 Å². The van der Waals surface area contributed by atoms with Crippen LogP contribution in [0.2, 0.25) is 0 Å². The SMILES string of the molecule is C=CCOC(=O)CCc1c(C(=O)OC(C)(C)C)[nH]c(C(C(=O)OCC=C)=P(c2ccccc2)(c2ccccc2)c2ccccc2)c1C. The molecule has 0 bridgehead atoms. The summed E-state index contributed by atoms with van der Waals surface area (Å²) in [6, 6.07) is 29.7. The molecule has 0 aliphatic carbocycles. The maximum atomic E-state index is 14.6. The molecule has 8 heteroatoms. The van der Waals surface area contributed by atoms with Gasteiger partial charge in [-0.25, -0.2) is 9.59 Å². The Labute approximate surface area is 277 Å². The highest BCUT2D eigenvalue weighted by molar-refractivity contribution is 7.96. The molecule has 0 atom stereocenters. The maximum Gasteiger partial charge on any atom is 0.355 e. The Morgan fingerprint density at radius 3 is 1.66 bits per heavy atom. The number of carbonyl (C=O) groups excluding carboxylic acids is 3. The summed E-state index contributed by atoms with van der Waals surface area (Å²) in [4.78, 5) is 44.3. The van der Waals surface area contributed by atoms with Crippen molar-refractivity contribution < 1.29 is 28.6 Å². The van der Waals surface area contributed by atoms with E-state index < -0.39 is 30.4 Å². The fourth-order valence-corrected chi connectivity index (χ4v) is 9.96. The second-order valence-corrected chi connectivity index (χ2v) is 15.2. The van der Waals surface area contributed by atoms with Crippen LogP contribution in [-0.4, -0.2) is 47.0 Å². The summed E-state index contributed by atoms with van der Waals surface area (Å²) in [6.45, 7) is 11.6. The smallest absolute Gasteiger partial charge is 0.355 e. The summed E-state index contributed by atoms with van der Waals surface area (Å²) in [7, 11) is 0. The van der Waals surface area contributed by atoms with Gasteiger partial charge >= 0.3 is 17.9 Å². The zero-order valence-corrected chi connectivity index (χ0v) is 28.3. The summed E-state index contributed by atoms with van der Waals surface area (Å²) in [6.07, 6.45) is 3.21. The summed E-state index contributed by atoms with van der Waals surface area (Å²) in [5.74, 6) is -1.58. The van der Waals surface area contributed by atoms with Crippen molar-refractivity contribution in [2.24, 2.45) is 0 Å². The zero-order valence-electron chi connectivity index (χ0n) is 27.5. The van der Waals surface area contributed by atoms with Gasteiger partial charge in [0.2, 0.25) is 0 Å². The van der Waals surface area contributed by atoms with E-state index in [4.69, 9.17) is 14.2 Å².